The fourth-order valence-electron chi connectivity index (χ4n) is 1.45. The Hall–Kier alpha value is -1.97. The zero-order valence-corrected chi connectivity index (χ0v) is 9.38. The van der Waals surface area contributed by atoms with Gasteiger partial charge < -0.3 is 5.32 Å². The highest BCUT2D eigenvalue weighted by atomic mass is 15.0. The Balaban J connectivity index is 2.14. The van der Waals surface area contributed by atoms with Crippen LogP contribution in [0, 0.1) is 6.92 Å². The highest BCUT2D eigenvalue weighted by molar-refractivity contribution is 5.44. The van der Waals surface area contributed by atoms with Crippen LogP contribution in [0.3, 0.4) is 0 Å². The van der Waals surface area contributed by atoms with Gasteiger partial charge in [-0.05, 0) is 25.5 Å². The molecule has 0 amide bonds. The van der Waals surface area contributed by atoms with Crippen LogP contribution in [-0.4, -0.2) is 15.0 Å². The van der Waals surface area contributed by atoms with Crippen LogP contribution in [0.4, 0.5) is 5.82 Å². The number of hydrogen-bond acceptors (Lipinski definition) is 4. The maximum atomic E-state index is 4.28. The van der Waals surface area contributed by atoms with Crippen LogP contribution in [0.1, 0.15) is 24.2 Å². The van der Waals surface area contributed by atoms with E-state index < -0.39 is 0 Å². The minimum absolute atomic E-state index is 0.0994. The normalized spacial score (nSPS) is 12.1. The Morgan fingerprint density at radius 1 is 1.19 bits per heavy atom. The molecule has 0 bridgehead atoms. The second kappa shape index (κ2) is 4.70. The van der Waals surface area contributed by atoms with E-state index in [0.29, 0.717) is 0 Å². The molecule has 0 fully saturated rings. The molecule has 0 saturated carbocycles. The lowest BCUT2D eigenvalue weighted by Crippen LogP contribution is -2.10. The molecule has 16 heavy (non-hydrogen) atoms. The number of rotatable bonds is 3. The van der Waals surface area contributed by atoms with Crippen LogP contribution in [-0.2, 0) is 0 Å². The second-order valence-corrected chi connectivity index (χ2v) is 3.67. The number of nitrogens with zero attached hydrogens (tertiary/aromatic N) is 3. The molecular formula is C12H14N4. The molecule has 0 aliphatic heterocycles. The van der Waals surface area contributed by atoms with E-state index in [9.17, 15) is 0 Å². The lowest BCUT2D eigenvalue weighted by atomic mass is 10.2. The van der Waals surface area contributed by atoms with Gasteiger partial charge in [-0.2, -0.15) is 0 Å². The van der Waals surface area contributed by atoms with Crippen molar-refractivity contribution in [3.63, 3.8) is 0 Å². The summed E-state index contributed by atoms with van der Waals surface area (Å²) in [6.07, 6.45) is 6.90. The van der Waals surface area contributed by atoms with Crippen LogP contribution in [0.5, 0.6) is 0 Å². The molecule has 2 rings (SSSR count). The molecule has 1 unspecified atom stereocenters. The third-order valence-corrected chi connectivity index (χ3v) is 2.39. The van der Waals surface area contributed by atoms with Gasteiger partial charge in [0.1, 0.15) is 5.82 Å². The topological polar surface area (TPSA) is 50.7 Å². The van der Waals surface area contributed by atoms with Crippen molar-refractivity contribution in [1.29, 1.82) is 0 Å². The minimum Gasteiger partial charge on any atom is -0.362 e. The molecular weight excluding hydrogens is 200 g/mol. The van der Waals surface area contributed by atoms with Gasteiger partial charge in [0.05, 0.1) is 17.9 Å². The Labute approximate surface area is 94.8 Å². The van der Waals surface area contributed by atoms with Gasteiger partial charge in [0.15, 0.2) is 0 Å². The molecule has 1 N–H and O–H groups in total. The molecule has 0 saturated heterocycles. The molecule has 0 spiro atoms. The van der Waals surface area contributed by atoms with Gasteiger partial charge in [-0.3, -0.25) is 9.97 Å². The van der Waals surface area contributed by atoms with Crippen molar-refractivity contribution in [3.8, 4) is 0 Å². The van der Waals surface area contributed by atoms with Crippen molar-refractivity contribution in [2.75, 3.05) is 5.32 Å². The lowest BCUT2D eigenvalue weighted by molar-refractivity contribution is 0.819. The SMILES string of the molecule is Cc1cccnc1NC(C)c1cnccn1. The molecule has 0 radical (unpaired) electrons. The highest BCUT2D eigenvalue weighted by Crippen LogP contribution is 2.17. The largest absolute Gasteiger partial charge is 0.362 e. The number of aryl methyl sites for hydroxylation is 1. The summed E-state index contributed by atoms with van der Waals surface area (Å²) in [4.78, 5) is 12.6. The molecule has 4 heteroatoms. The van der Waals surface area contributed by atoms with Crippen LogP contribution in [0.2, 0.25) is 0 Å². The number of nitrogens with one attached hydrogen (secondary N) is 1. The Morgan fingerprint density at radius 3 is 2.75 bits per heavy atom. The smallest absolute Gasteiger partial charge is 0.129 e. The molecule has 4 nitrogen and oxygen atoms in total. The number of anilines is 1. The van der Waals surface area contributed by atoms with Crippen molar-refractivity contribution >= 4 is 5.82 Å². The van der Waals surface area contributed by atoms with Crippen molar-refractivity contribution in [2.45, 2.75) is 19.9 Å². The molecule has 0 aliphatic rings. The summed E-state index contributed by atoms with van der Waals surface area (Å²) in [5.74, 6) is 0.889. The molecule has 0 aliphatic carbocycles. The third-order valence-electron chi connectivity index (χ3n) is 2.39. The van der Waals surface area contributed by atoms with Gasteiger partial charge in [0.25, 0.3) is 0 Å². The molecule has 2 aromatic heterocycles. The fraction of sp³-hybridized carbons (Fsp3) is 0.250. The zero-order valence-electron chi connectivity index (χ0n) is 9.38. The lowest BCUT2D eigenvalue weighted by Gasteiger charge is -2.14. The van der Waals surface area contributed by atoms with Crippen molar-refractivity contribution in [2.24, 2.45) is 0 Å². The first-order valence-corrected chi connectivity index (χ1v) is 5.21. The predicted molar refractivity (Wildman–Crippen MR) is 63.0 cm³/mol. The fourth-order valence-corrected chi connectivity index (χ4v) is 1.45. The van der Waals surface area contributed by atoms with Gasteiger partial charge >= 0.3 is 0 Å². The van der Waals surface area contributed by atoms with E-state index in [0.717, 1.165) is 17.1 Å². The monoisotopic (exact) mass is 214 g/mol. The number of pyridine rings is 1. The zero-order chi connectivity index (χ0) is 11.4. The van der Waals surface area contributed by atoms with E-state index in [1.807, 2.05) is 26.0 Å². The van der Waals surface area contributed by atoms with E-state index in [-0.39, 0.29) is 6.04 Å². The minimum atomic E-state index is 0.0994. The Bertz CT molecular complexity index is 456. The summed E-state index contributed by atoms with van der Waals surface area (Å²) >= 11 is 0. The molecule has 0 aromatic carbocycles. The van der Waals surface area contributed by atoms with Crippen LogP contribution in [0.25, 0.3) is 0 Å². The Morgan fingerprint density at radius 2 is 2.06 bits per heavy atom. The first-order valence-electron chi connectivity index (χ1n) is 5.21. The van der Waals surface area contributed by atoms with Crippen molar-refractivity contribution < 1.29 is 0 Å². The van der Waals surface area contributed by atoms with Gasteiger partial charge in [0.2, 0.25) is 0 Å². The van der Waals surface area contributed by atoms with E-state index in [4.69, 9.17) is 0 Å². The van der Waals surface area contributed by atoms with Gasteiger partial charge in [-0.15, -0.1) is 0 Å². The molecule has 2 heterocycles. The van der Waals surface area contributed by atoms with Gasteiger partial charge in [0, 0.05) is 18.6 Å². The van der Waals surface area contributed by atoms with Crippen molar-refractivity contribution in [3.05, 3.63) is 48.2 Å². The van der Waals surface area contributed by atoms with E-state index in [1.54, 1.807) is 24.8 Å². The molecule has 2 aromatic rings. The average molecular weight is 214 g/mol. The summed E-state index contributed by atoms with van der Waals surface area (Å²) in [5, 5.41) is 3.31. The van der Waals surface area contributed by atoms with Gasteiger partial charge in [-0.25, -0.2) is 4.98 Å². The third kappa shape index (κ3) is 2.34. The summed E-state index contributed by atoms with van der Waals surface area (Å²) in [5.41, 5.74) is 2.03. The summed E-state index contributed by atoms with van der Waals surface area (Å²) in [6.45, 7) is 4.07. The maximum absolute atomic E-state index is 4.28. The first-order chi connectivity index (χ1) is 7.77. The maximum Gasteiger partial charge on any atom is 0.129 e. The van der Waals surface area contributed by atoms with E-state index in [1.165, 1.54) is 0 Å². The summed E-state index contributed by atoms with van der Waals surface area (Å²) in [6, 6.07) is 4.05. The number of hydrogen-bond donors (Lipinski definition) is 1. The standard InChI is InChI=1S/C12H14N4/c1-9-4-3-5-15-12(9)16-10(2)11-8-13-6-7-14-11/h3-8,10H,1-2H3,(H,15,16). The number of aromatic nitrogens is 3. The summed E-state index contributed by atoms with van der Waals surface area (Å²) < 4.78 is 0. The Kier molecular flexibility index (Phi) is 3.10. The van der Waals surface area contributed by atoms with Gasteiger partial charge in [-0.1, -0.05) is 6.07 Å². The average Bonchev–Trinajstić information content (AvgIpc) is 2.33. The molecule has 82 valence electrons. The first kappa shape index (κ1) is 10.5. The molecule has 1 atom stereocenters. The van der Waals surface area contributed by atoms with Crippen LogP contribution >= 0.6 is 0 Å². The van der Waals surface area contributed by atoms with E-state index in [2.05, 4.69) is 20.3 Å². The summed E-state index contributed by atoms with van der Waals surface area (Å²) in [7, 11) is 0. The predicted octanol–water partition coefficient (Wildman–Crippen LogP) is 2.35. The van der Waals surface area contributed by atoms with Crippen LogP contribution in [0.15, 0.2) is 36.9 Å². The highest BCUT2D eigenvalue weighted by Gasteiger charge is 2.08. The quantitative estimate of drug-likeness (QED) is 0.852. The van der Waals surface area contributed by atoms with Crippen molar-refractivity contribution in [1.82, 2.24) is 15.0 Å². The second-order valence-electron chi connectivity index (χ2n) is 3.67. The van der Waals surface area contributed by atoms with E-state index >= 15 is 0 Å². The van der Waals surface area contributed by atoms with Crippen LogP contribution < -0.4 is 5.32 Å².